The quantitative estimate of drug-likeness (QED) is 0.837. The number of benzene rings is 2. The van der Waals surface area contributed by atoms with E-state index in [9.17, 15) is 4.79 Å². The summed E-state index contributed by atoms with van der Waals surface area (Å²) < 4.78 is 10.9. The summed E-state index contributed by atoms with van der Waals surface area (Å²) in [5.74, 6) is 1.06. The molecule has 128 valence electrons. The average Bonchev–Trinajstić information content (AvgIpc) is 2.59. The van der Waals surface area contributed by atoms with Crippen LogP contribution in [0.4, 0.5) is 0 Å². The second kappa shape index (κ2) is 8.39. The van der Waals surface area contributed by atoms with Crippen LogP contribution in [0.15, 0.2) is 42.5 Å². The van der Waals surface area contributed by atoms with E-state index < -0.39 is 0 Å². The molecule has 1 unspecified atom stereocenters. The first kappa shape index (κ1) is 17.9. The zero-order valence-electron chi connectivity index (χ0n) is 14.8. The van der Waals surface area contributed by atoms with Crippen LogP contribution in [-0.4, -0.2) is 19.6 Å². The molecule has 0 radical (unpaired) electrons. The summed E-state index contributed by atoms with van der Waals surface area (Å²) in [6.07, 6.45) is 0.822. The Balaban J connectivity index is 1.96. The van der Waals surface area contributed by atoms with Crippen LogP contribution in [0.5, 0.6) is 11.5 Å². The third kappa shape index (κ3) is 4.75. The van der Waals surface area contributed by atoms with Crippen LogP contribution in [0.3, 0.4) is 0 Å². The van der Waals surface area contributed by atoms with E-state index in [-0.39, 0.29) is 18.6 Å². The Morgan fingerprint density at radius 3 is 2.33 bits per heavy atom. The first-order valence-electron chi connectivity index (χ1n) is 8.16. The predicted octanol–water partition coefficient (Wildman–Crippen LogP) is 3.96. The van der Waals surface area contributed by atoms with E-state index in [0.29, 0.717) is 11.5 Å². The molecule has 0 saturated carbocycles. The maximum atomic E-state index is 12.2. The molecule has 2 aromatic rings. The van der Waals surface area contributed by atoms with Gasteiger partial charge in [-0.25, -0.2) is 0 Å². The minimum atomic E-state index is -0.148. The summed E-state index contributed by atoms with van der Waals surface area (Å²) in [7, 11) is 1.59. The first-order chi connectivity index (χ1) is 11.5. The summed E-state index contributed by atoms with van der Waals surface area (Å²) in [5.41, 5.74) is 3.38. The summed E-state index contributed by atoms with van der Waals surface area (Å²) >= 11 is 0. The number of hydrogen-bond donors (Lipinski definition) is 1. The van der Waals surface area contributed by atoms with Crippen LogP contribution >= 0.6 is 0 Å². The van der Waals surface area contributed by atoms with Gasteiger partial charge in [-0.15, -0.1) is 0 Å². The van der Waals surface area contributed by atoms with Gasteiger partial charge in [0, 0.05) is 0 Å². The highest BCUT2D eigenvalue weighted by molar-refractivity contribution is 5.78. The number of rotatable bonds is 7. The number of carbonyl (C=O) groups excluding carboxylic acids is 1. The van der Waals surface area contributed by atoms with Crippen LogP contribution in [0.2, 0.25) is 0 Å². The van der Waals surface area contributed by atoms with E-state index in [2.05, 4.69) is 24.4 Å². The smallest absolute Gasteiger partial charge is 0.258 e. The lowest BCUT2D eigenvalue weighted by atomic mass is 10.0. The molecule has 4 heteroatoms. The third-order valence-corrected chi connectivity index (χ3v) is 3.90. The van der Waals surface area contributed by atoms with Crippen molar-refractivity contribution in [2.75, 3.05) is 13.7 Å². The van der Waals surface area contributed by atoms with Crippen molar-refractivity contribution in [3.8, 4) is 11.5 Å². The molecule has 0 aromatic heterocycles. The Morgan fingerprint density at radius 1 is 1.04 bits per heavy atom. The summed E-state index contributed by atoms with van der Waals surface area (Å²) in [6.45, 7) is 6.04. The molecule has 0 fully saturated rings. The minimum Gasteiger partial charge on any atom is -0.493 e. The maximum Gasteiger partial charge on any atom is 0.258 e. The van der Waals surface area contributed by atoms with Gasteiger partial charge >= 0.3 is 0 Å². The van der Waals surface area contributed by atoms with E-state index in [0.717, 1.165) is 17.5 Å². The largest absolute Gasteiger partial charge is 0.493 e. The van der Waals surface area contributed by atoms with Crippen molar-refractivity contribution in [1.82, 2.24) is 5.32 Å². The molecule has 0 aliphatic carbocycles. The van der Waals surface area contributed by atoms with Crippen LogP contribution < -0.4 is 14.8 Å². The highest BCUT2D eigenvalue weighted by Crippen LogP contribution is 2.27. The fourth-order valence-corrected chi connectivity index (χ4v) is 2.49. The fraction of sp³-hybridized carbons (Fsp3) is 0.350. The van der Waals surface area contributed by atoms with Crippen LogP contribution in [0, 0.1) is 13.8 Å². The zero-order valence-corrected chi connectivity index (χ0v) is 14.8. The Bertz CT molecular complexity index is 680. The Kier molecular flexibility index (Phi) is 6.24. The Morgan fingerprint density at radius 2 is 1.71 bits per heavy atom. The van der Waals surface area contributed by atoms with Gasteiger partial charge in [0.2, 0.25) is 0 Å². The van der Waals surface area contributed by atoms with Crippen molar-refractivity contribution >= 4 is 5.91 Å². The van der Waals surface area contributed by atoms with E-state index in [4.69, 9.17) is 9.47 Å². The molecule has 0 bridgehead atoms. The molecular weight excluding hydrogens is 302 g/mol. The topological polar surface area (TPSA) is 47.6 Å². The molecule has 4 nitrogen and oxygen atoms in total. The van der Waals surface area contributed by atoms with Crippen LogP contribution in [0.1, 0.15) is 36.1 Å². The van der Waals surface area contributed by atoms with E-state index >= 15 is 0 Å². The van der Waals surface area contributed by atoms with Gasteiger partial charge < -0.3 is 14.8 Å². The SMILES string of the molecule is CCC(NC(=O)COc1ccc(C)cc1OC)c1ccc(C)cc1. The Hall–Kier alpha value is -2.49. The van der Waals surface area contributed by atoms with Crippen molar-refractivity contribution in [2.24, 2.45) is 0 Å². The van der Waals surface area contributed by atoms with Crippen LogP contribution in [-0.2, 0) is 4.79 Å². The monoisotopic (exact) mass is 327 g/mol. The van der Waals surface area contributed by atoms with Gasteiger partial charge in [-0.05, 0) is 43.5 Å². The van der Waals surface area contributed by atoms with Gasteiger partial charge in [0.25, 0.3) is 5.91 Å². The highest BCUT2D eigenvalue weighted by atomic mass is 16.5. The van der Waals surface area contributed by atoms with Gasteiger partial charge in [-0.2, -0.15) is 0 Å². The molecule has 2 rings (SSSR count). The number of carbonyl (C=O) groups is 1. The molecule has 0 aliphatic rings. The zero-order chi connectivity index (χ0) is 17.5. The fourth-order valence-electron chi connectivity index (χ4n) is 2.49. The normalized spacial score (nSPS) is 11.7. The Labute approximate surface area is 143 Å². The molecule has 0 saturated heterocycles. The number of aryl methyl sites for hydroxylation is 2. The van der Waals surface area contributed by atoms with Crippen molar-refractivity contribution in [3.63, 3.8) is 0 Å². The molecule has 0 spiro atoms. The molecule has 2 aromatic carbocycles. The van der Waals surface area contributed by atoms with Crippen molar-refractivity contribution < 1.29 is 14.3 Å². The molecule has 1 N–H and O–H groups in total. The van der Waals surface area contributed by atoms with Crippen molar-refractivity contribution in [1.29, 1.82) is 0 Å². The highest BCUT2D eigenvalue weighted by Gasteiger charge is 2.14. The lowest BCUT2D eigenvalue weighted by Gasteiger charge is -2.18. The predicted molar refractivity (Wildman–Crippen MR) is 95.6 cm³/mol. The van der Waals surface area contributed by atoms with Crippen LogP contribution in [0.25, 0.3) is 0 Å². The average molecular weight is 327 g/mol. The van der Waals surface area contributed by atoms with E-state index in [1.54, 1.807) is 7.11 Å². The third-order valence-electron chi connectivity index (χ3n) is 3.90. The van der Waals surface area contributed by atoms with Gasteiger partial charge in [-0.1, -0.05) is 42.8 Å². The lowest BCUT2D eigenvalue weighted by molar-refractivity contribution is -0.123. The number of methoxy groups -OCH3 is 1. The van der Waals surface area contributed by atoms with Crippen molar-refractivity contribution in [2.45, 2.75) is 33.2 Å². The van der Waals surface area contributed by atoms with Gasteiger partial charge in [0.1, 0.15) is 0 Å². The number of amides is 1. The molecule has 1 atom stereocenters. The van der Waals surface area contributed by atoms with E-state index in [1.807, 2.05) is 44.2 Å². The molecule has 1 amide bonds. The second-order valence-corrected chi connectivity index (χ2v) is 5.88. The van der Waals surface area contributed by atoms with Gasteiger partial charge in [0.05, 0.1) is 13.2 Å². The lowest BCUT2D eigenvalue weighted by Crippen LogP contribution is -2.32. The maximum absolute atomic E-state index is 12.2. The number of nitrogens with one attached hydrogen (secondary N) is 1. The number of hydrogen-bond acceptors (Lipinski definition) is 3. The molecule has 0 aliphatic heterocycles. The van der Waals surface area contributed by atoms with E-state index in [1.165, 1.54) is 5.56 Å². The second-order valence-electron chi connectivity index (χ2n) is 5.88. The van der Waals surface area contributed by atoms with Crippen molar-refractivity contribution in [3.05, 3.63) is 59.2 Å². The standard InChI is InChI=1S/C20H25NO3/c1-5-17(16-9-6-14(2)7-10-16)21-20(22)13-24-18-11-8-15(3)12-19(18)23-4/h6-12,17H,5,13H2,1-4H3,(H,21,22). The molecule has 0 heterocycles. The first-order valence-corrected chi connectivity index (χ1v) is 8.16. The summed E-state index contributed by atoms with van der Waals surface area (Å²) in [4.78, 5) is 12.2. The minimum absolute atomic E-state index is 0.0124. The number of ether oxygens (including phenoxy) is 2. The summed E-state index contributed by atoms with van der Waals surface area (Å²) in [5, 5.41) is 3.02. The molecular formula is C20H25NO3. The summed E-state index contributed by atoms with van der Waals surface area (Å²) in [6, 6.07) is 13.8. The van der Waals surface area contributed by atoms with Gasteiger partial charge in [0.15, 0.2) is 18.1 Å². The van der Waals surface area contributed by atoms with Gasteiger partial charge in [-0.3, -0.25) is 4.79 Å². The molecule has 24 heavy (non-hydrogen) atoms.